The van der Waals surface area contributed by atoms with Crippen molar-refractivity contribution in [2.24, 2.45) is 11.3 Å². The van der Waals surface area contributed by atoms with Crippen LogP contribution in [-0.4, -0.2) is 24.2 Å². The molecule has 0 heterocycles. The molecule has 4 heteroatoms. The van der Waals surface area contributed by atoms with Gasteiger partial charge in [0.15, 0.2) is 0 Å². The molecule has 1 aliphatic rings. The molecule has 1 rings (SSSR count). The van der Waals surface area contributed by atoms with Crippen LogP contribution in [-0.2, 0) is 4.79 Å². The van der Waals surface area contributed by atoms with Crippen molar-refractivity contribution in [1.82, 2.24) is 5.32 Å². The Balaban J connectivity index is 2.44. The van der Waals surface area contributed by atoms with E-state index in [0.717, 1.165) is 25.7 Å². The van der Waals surface area contributed by atoms with Crippen molar-refractivity contribution in [3.8, 4) is 6.07 Å². The molecule has 90 valence electrons. The number of carbonyl (C=O) groups is 1. The summed E-state index contributed by atoms with van der Waals surface area (Å²) in [7, 11) is 0. The van der Waals surface area contributed by atoms with Crippen molar-refractivity contribution in [3.05, 3.63) is 0 Å². The second kappa shape index (κ2) is 5.86. The largest absolute Gasteiger partial charge is 0.396 e. The molecule has 4 nitrogen and oxygen atoms in total. The summed E-state index contributed by atoms with van der Waals surface area (Å²) < 4.78 is 0. The third-order valence-corrected chi connectivity index (χ3v) is 3.52. The van der Waals surface area contributed by atoms with Crippen LogP contribution in [0.5, 0.6) is 0 Å². The summed E-state index contributed by atoms with van der Waals surface area (Å²) in [6, 6.07) is 1.98. The maximum atomic E-state index is 11.6. The fraction of sp³-hybridized carbons (Fsp3) is 0.833. The molecular weight excluding hydrogens is 204 g/mol. The highest BCUT2D eigenvalue weighted by atomic mass is 16.3. The number of aliphatic hydroxyl groups is 1. The van der Waals surface area contributed by atoms with E-state index in [9.17, 15) is 9.90 Å². The van der Waals surface area contributed by atoms with Gasteiger partial charge in [0.1, 0.15) is 5.92 Å². The third kappa shape index (κ3) is 2.96. The zero-order valence-electron chi connectivity index (χ0n) is 9.83. The summed E-state index contributed by atoms with van der Waals surface area (Å²) in [5.41, 5.74) is -0.136. The van der Waals surface area contributed by atoms with E-state index in [1.165, 1.54) is 0 Å². The first-order valence-corrected chi connectivity index (χ1v) is 5.95. The Morgan fingerprint density at radius 2 is 2.19 bits per heavy atom. The van der Waals surface area contributed by atoms with Gasteiger partial charge in [-0.2, -0.15) is 5.26 Å². The molecule has 1 atom stereocenters. The van der Waals surface area contributed by atoms with Crippen LogP contribution in [0.3, 0.4) is 0 Å². The summed E-state index contributed by atoms with van der Waals surface area (Å²) in [4.78, 5) is 11.6. The Labute approximate surface area is 96.6 Å². The number of amides is 1. The Bertz CT molecular complexity index is 277. The van der Waals surface area contributed by atoms with Crippen LogP contribution in [0.2, 0.25) is 0 Å². The van der Waals surface area contributed by atoms with E-state index in [2.05, 4.69) is 5.32 Å². The number of carbonyl (C=O) groups excluding carboxylic acids is 1. The van der Waals surface area contributed by atoms with Gasteiger partial charge < -0.3 is 10.4 Å². The lowest BCUT2D eigenvalue weighted by Crippen LogP contribution is -2.40. The van der Waals surface area contributed by atoms with Gasteiger partial charge in [-0.05, 0) is 19.3 Å². The average Bonchev–Trinajstić information content (AvgIpc) is 2.77. The molecule has 0 aliphatic heterocycles. The normalized spacial score (nSPS) is 20.1. The monoisotopic (exact) mass is 224 g/mol. The van der Waals surface area contributed by atoms with Crippen LogP contribution in [0, 0.1) is 22.7 Å². The van der Waals surface area contributed by atoms with Crippen LogP contribution in [0.1, 0.15) is 39.0 Å². The molecule has 2 N–H and O–H groups in total. The number of nitrogens with zero attached hydrogens (tertiary/aromatic N) is 1. The van der Waals surface area contributed by atoms with Gasteiger partial charge in [0, 0.05) is 12.0 Å². The molecular formula is C12H20N2O2. The molecule has 0 spiro atoms. The predicted molar refractivity (Wildman–Crippen MR) is 60.4 cm³/mol. The first kappa shape index (κ1) is 13.0. The van der Waals surface area contributed by atoms with E-state index < -0.39 is 5.92 Å². The number of nitrogens with one attached hydrogen (secondary N) is 1. The molecule has 0 aromatic rings. The number of hydrogen-bond acceptors (Lipinski definition) is 3. The Morgan fingerprint density at radius 1 is 1.56 bits per heavy atom. The third-order valence-electron chi connectivity index (χ3n) is 3.52. The van der Waals surface area contributed by atoms with E-state index >= 15 is 0 Å². The predicted octanol–water partition coefficient (Wildman–Crippen LogP) is 1.21. The zero-order chi connectivity index (χ0) is 12.0. The summed E-state index contributed by atoms with van der Waals surface area (Å²) >= 11 is 0. The molecule has 1 fully saturated rings. The lowest BCUT2D eigenvalue weighted by atomic mass is 9.87. The Kier molecular flexibility index (Phi) is 4.75. The highest BCUT2D eigenvalue weighted by molar-refractivity contribution is 5.80. The molecule has 0 radical (unpaired) electrons. The van der Waals surface area contributed by atoms with Crippen LogP contribution in [0.25, 0.3) is 0 Å². The fourth-order valence-corrected chi connectivity index (χ4v) is 2.25. The summed E-state index contributed by atoms with van der Waals surface area (Å²) in [6.45, 7) is 2.45. The van der Waals surface area contributed by atoms with Crippen LogP contribution in [0.15, 0.2) is 0 Å². The minimum Gasteiger partial charge on any atom is -0.396 e. The average molecular weight is 224 g/mol. The van der Waals surface area contributed by atoms with E-state index in [1.54, 1.807) is 0 Å². The first-order valence-electron chi connectivity index (χ1n) is 5.95. The Hall–Kier alpha value is -1.08. The molecule has 1 saturated carbocycles. The second-order valence-corrected chi connectivity index (χ2v) is 4.67. The van der Waals surface area contributed by atoms with Crippen molar-refractivity contribution < 1.29 is 9.90 Å². The molecule has 1 amide bonds. The molecule has 1 unspecified atom stereocenters. The van der Waals surface area contributed by atoms with Crippen molar-refractivity contribution >= 4 is 5.91 Å². The topological polar surface area (TPSA) is 73.1 Å². The molecule has 1 aliphatic carbocycles. The van der Waals surface area contributed by atoms with Crippen molar-refractivity contribution in [1.29, 1.82) is 5.26 Å². The van der Waals surface area contributed by atoms with E-state index in [-0.39, 0.29) is 17.9 Å². The van der Waals surface area contributed by atoms with E-state index in [4.69, 9.17) is 5.26 Å². The summed E-state index contributed by atoms with van der Waals surface area (Å²) in [6.07, 6.45) is 4.70. The fourth-order valence-electron chi connectivity index (χ4n) is 2.25. The van der Waals surface area contributed by atoms with E-state index in [1.807, 2.05) is 13.0 Å². The standard InChI is InChI=1S/C12H20N2O2/c1-2-10(7-13)11(16)14-8-12(9-15)5-3-4-6-12/h10,15H,2-6,8-9H2,1H3,(H,14,16). The van der Waals surface area contributed by atoms with Crippen LogP contribution >= 0.6 is 0 Å². The molecule has 0 aromatic heterocycles. The number of aliphatic hydroxyl groups excluding tert-OH is 1. The van der Waals surface area contributed by atoms with Crippen LogP contribution in [0.4, 0.5) is 0 Å². The smallest absolute Gasteiger partial charge is 0.237 e. The van der Waals surface area contributed by atoms with Gasteiger partial charge in [0.2, 0.25) is 5.91 Å². The van der Waals surface area contributed by atoms with Gasteiger partial charge in [0.25, 0.3) is 0 Å². The maximum absolute atomic E-state index is 11.6. The highest BCUT2D eigenvalue weighted by Gasteiger charge is 2.33. The van der Waals surface area contributed by atoms with Crippen LogP contribution < -0.4 is 5.32 Å². The highest BCUT2D eigenvalue weighted by Crippen LogP contribution is 2.36. The first-order chi connectivity index (χ1) is 7.67. The maximum Gasteiger partial charge on any atom is 0.237 e. The Morgan fingerprint density at radius 3 is 2.62 bits per heavy atom. The van der Waals surface area contributed by atoms with Crippen molar-refractivity contribution in [2.45, 2.75) is 39.0 Å². The van der Waals surface area contributed by atoms with Crippen molar-refractivity contribution in [2.75, 3.05) is 13.2 Å². The zero-order valence-corrected chi connectivity index (χ0v) is 9.83. The summed E-state index contributed by atoms with van der Waals surface area (Å²) in [5.74, 6) is -0.762. The quantitative estimate of drug-likeness (QED) is 0.737. The minimum absolute atomic E-state index is 0.122. The van der Waals surface area contributed by atoms with Gasteiger partial charge in [-0.1, -0.05) is 19.8 Å². The number of hydrogen-bond donors (Lipinski definition) is 2. The number of rotatable bonds is 5. The molecule has 16 heavy (non-hydrogen) atoms. The number of nitriles is 1. The lowest BCUT2D eigenvalue weighted by molar-refractivity contribution is -0.124. The molecule has 0 bridgehead atoms. The van der Waals surface area contributed by atoms with Gasteiger partial charge in [-0.25, -0.2) is 0 Å². The van der Waals surface area contributed by atoms with Gasteiger partial charge in [0.05, 0.1) is 12.7 Å². The van der Waals surface area contributed by atoms with Gasteiger partial charge in [-0.3, -0.25) is 4.79 Å². The van der Waals surface area contributed by atoms with Gasteiger partial charge >= 0.3 is 0 Å². The SMILES string of the molecule is CCC(C#N)C(=O)NCC1(CO)CCCC1. The van der Waals surface area contributed by atoms with Crippen molar-refractivity contribution in [3.63, 3.8) is 0 Å². The molecule has 0 saturated heterocycles. The van der Waals surface area contributed by atoms with E-state index in [0.29, 0.717) is 13.0 Å². The summed E-state index contributed by atoms with van der Waals surface area (Å²) in [5, 5.41) is 20.9. The lowest BCUT2D eigenvalue weighted by Gasteiger charge is -2.26. The molecule has 0 aromatic carbocycles. The second-order valence-electron chi connectivity index (χ2n) is 4.67. The van der Waals surface area contributed by atoms with Gasteiger partial charge in [-0.15, -0.1) is 0 Å². The minimum atomic E-state index is -0.558.